The van der Waals surface area contributed by atoms with E-state index in [0.717, 1.165) is 32.6 Å². The van der Waals surface area contributed by atoms with Crippen molar-refractivity contribution >= 4 is 38.0 Å². The minimum absolute atomic E-state index is 0.177. The van der Waals surface area contributed by atoms with Gasteiger partial charge < -0.3 is 5.32 Å². The Morgan fingerprint density at radius 3 is 2.68 bits per heavy atom. The number of nitro groups is 1. The molecule has 0 aliphatic carbocycles. The van der Waals surface area contributed by atoms with Crippen molar-refractivity contribution in [1.29, 1.82) is 0 Å². The zero-order chi connectivity index (χ0) is 14.0. The van der Waals surface area contributed by atoms with Gasteiger partial charge in [0.05, 0.1) is 10.6 Å². The Balaban J connectivity index is 2.12. The third-order valence-corrected chi connectivity index (χ3v) is 4.28. The van der Waals surface area contributed by atoms with Crippen LogP contribution < -0.4 is 5.32 Å². The van der Waals surface area contributed by atoms with Crippen LogP contribution in [0.1, 0.15) is 16.7 Å². The molecular formula is C13H13BrN2O2S. The van der Waals surface area contributed by atoms with Gasteiger partial charge in [-0.25, -0.2) is 0 Å². The fourth-order valence-corrected chi connectivity index (χ4v) is 3.42. The lowest BCUT2D eigenvalue weighted by Gasteiger charge is -2.12. The molecule has 2 aromatic rings. The summed E-state index contributed by atoms with van der Waals surface area (Å²) in [5, 5.41) is 15.9. The zero-order valence-electron chi connectivity index (χ0n) is 10.6. The number of nitrogens with zero attached hydrogens (tertiary/aromatic N) is 1. The molecule has 6 heteroatoms. The molecule has 0 amide bonds. The molecule has 0 fully saturated rings. The molecule has 1 aromatic heterocycles. The summed E-state index contributed by atoms with van der Waals surface area (Å²) in [7, 11) is 0. The summed E-state index contributed by atoms with van der Waals surface area (Å²) >= 11 is 4.68. The van der Waals surface area contributed by atoms with Gasteiger partial charge in [0.15, 0.2) is 0 Å². The van der Waals surface area contributed by atoms with Gasteiger partial charge in [-0.3, -0.25) is 10.1 Å². The number of benzene rings is 1. The summed E-state index contributed by atoms with van der Waals surface area (Å²) < 4.78 is 1.01. The van der Waals surface area contributed by atoms with Crippen molar-refractivity contribution in [3.63, 3.8) is 0 Å². The molecule has 1 N–H and O–H groups in total. The summed E-state index contributed by atoms with van der Waals surface area (Å²) in [6, 6.07) is 5.75. The molecule has 2 rings (SSSR count). The first kappa shape index (κ1) is 14.0. The summed E-state index contributed by atoms with van der Waals surface area (Å²) in [6.45, 7) is 4.66. The summed E-state index contributed by atoms with van der Waals surface area (Å²) in [6.07, 6.45) is 0. The number of nitrogens with one attached hydrogen (secondary N) is 1. The first-order valence-electron chi connectivity index (χ1n) is 5.70. The van der Waals surface area contributed by atoms with Crippen LogP contribution in [0.3, 0.4) is 0 Å². The quantitative estimate of drug-likeness (QED) is 0.651. The number of anilines is 1. The smallest absolute Gasteiger partial charge is 0.324 e. The Kier molecular flexibility index (Phi) is 4.21. The predicted octanol–water partition coefficient (Wildman–Crippen LogP) is 4.65. The van der Waals surface area contributed by atoms with Crippen LogP contribution in [0.4, 0.5) is 10.7 Å². The molecule has 1 aromatic carbocycles. The van der Waals surface area contributed by atoms with Gasteiger partial charge in [-0.05, 0) is 52.5 Å². The zero-order valence-corrected chi connectivity index (χ0v) is 13.0. The van der Waals surface area contributed by atoms with Crippen LogP contribution >= 0.6 is 27.3 Å². The molecule has 100 valence electrons. The second-order valence-electron chi connectivity index (χ2n) is 4.34. The van der Waals surface area contributed by atoms with Gasteiger partial charge in [0, 0.05) is 22.5 Å². The highest BCUT2D eigenvalue weighted by molar-refractivity contribution is 9.10. The lowest BCUT2D eigenvalue weighted by Crippen LogP contribution is -2.01. The Hall–Kier alpha value is -1.40. The highest BCUT2D eigenvalue weighted by atomic mass is 79.9. The predicted molar refractivity (Wildman–Crippen MR) is 81.9 cm³/mol. The summed E-state index contributed by atoms with van der Waals surface area (Å²) in [5.41, 5.74) is 4.29. The molecule has 0 aliphatic rings. The maximum absolute atomic E-state index is 10.6. The number of thiophene rings is 1. The van der Waals surface area contributed by atoms with E-state index in [0.29, 0.717) is 6.54 Å². The Labute approximate surface area is 123 Å². The minimum atomic E-state index is -0.360. The SMILES string of the molecule is Cc1cc(C)c(NCc2csc([N+](=O)[O-])c2)c(Br)c1. The van der Waals surface area contributed by atoms with Crippen LogP contribution in [0.2, 0.25) is 0 Å². The molecule has 4 nitrogen and oxygen atoms in total. The average molecular weight is 341 g/mol. The van der Waals surface area contributed by atoms with Crippen molar-refractivity contribution in [2.24, 2.45) is 0 Å². The largest absolute Gasteiger partial charge is 0.380 e. The van der Waals surface area contributed by atoms with Gasteiger partial charge >= 0.3 is 5.00 Å². The number of rotatable bonds is 4. The molecule has 0 spiro atoms. The molecule has 19 heavy (non-hydrogen) atoms. The molecule has 0 unspecified atom stereocenters. The van der Waals surface area contributed by atoms with Crippen LogP contribution in [0.5, 0.6) is 0 Å². The second-order valence-corrected chi connectivity index (χ2v) is 6.09. The maximum Gasteiger partial charge on any atom is 0.324 e. The van der Waals surface area contributed by atoms with E-state index in [4.69, 9.17) is 0 Å². The fraction of sp³-hybridized carbons (Fsp3) is 0.231. The van der Waals surface area contributed by atoms with Gasteiger partial charge in [-0.2, -0.15) is 0 Å². The summed E-state index contributed by atoms with van der Waals surface area (Å²) in [4.78, 5) is 10.3. The topological polar surface area (TPSA) is 55.2 Å². The summed E-state index contributed by atoms with van der Waals surface area (Å²) in [5.74, 6) is 0. The van der Waals surface area contributed by atoms with E-state index in [-0.39, 0.29) is 9.92 Å². The first-order valence-corrected chi connectivity index (χ1v) is 7.37. The lowest BCUT2D eigenvalue weighted by atomic mass is 10.1. The van der Waals surface area contributed by atoms with Crippen LogP contribution in [-0.2, 0) is 6.54 Å². The van der Waals surface area contributed by atoms with Crippen molar-refractivity contribution < 1.29 is 4.92 Å². The standard InChI is InChI=1S/C13H13BrN2O2S/c1-8-3-9(2)13(11(14)4-8)15-6-10-5-12(16(17)18)19-7-10/h3-5,7,15H,6H2,1-2H3. The van der Waals surface area contributed by atoms with E-state index in [1.165, 1.54) is 5.56 Å². The van der Waals surface area contributed by atoms with E-state index in [1.807, 2.05) is 25.3 Å². The fourth-order valence-electron chi connectivity index (χ4n) is 1.88. The van der Waals surface area contributed by atoms with Crippen LogP contribution in [0.25, 0.3) is 0 Å². The molecule has 0 bridgehead atoms. The van der Waals surface area contributed by atoms with Crippen LogP contribution in [-0.4, -0.2) is 4.92 Å². The maximum atomic E-state index is 10.6. The van der Waals surface area contributed by atoms with E-state index >= 15 is 0 Å². The highest BCUT2D eigenvalue weighted by Gasteiger charge is 2.10. The minimum Gasteiger partial charge on any atom is -0.380 e. The Morgan fingerprint density at radius 1 is 1.37 bits per heavy atom. The van der Waals surface area contributed by atoms with Gasteiger partial charge in [0.2, 0.25) is 0 Å². The van der Waals surface area contributed by atoms with Crippen molar-refractivity contribution in [2.45, 2.75) is 20.4 Å². The molecule has 0 radical (unpaired) electrons. The van der Waals surface area contributed by atoms with Crippen LogP contribution in [0.15, 0.2) is 28.1 Å². The highest BCUT2D eigenvalue weighted by Crippen LogP contribution is 2.29. The molecule has 0 aliphatic heterocycles. The van der Waals surface area contributed by atoms with Gasteiger partial charge in [0.1, 0.15) is 0 Å². The van der Waals surface area contributed by atoms with Crippen molar-refractivity contribution in [2.75, 3.05) is 5.32 Å². The van der Waals surface area contributed by atoms with Gasteiger partial charge in [-0.15, -0.1) is 0 Å². The normalized spacial score (nSPS) is 10.5. The lowest BCUT2D eigenvalue weighted by molar-refractivity contribution is -0.380. The first-order chi connectivity index (χ1) is 8.97. The van der Waals surface area contributed by atoms with E-state index in [9.17, 15) is 10.1 Å². The molecule has 0 atom stereocenters. The second kappa shape index (κ2) is 5.71. The molecule has 0 saturated heterocycles. The third-order valence-electron chi connectivity index (χ3n) is 2.72. The number of aryl methyl sites for hydroxylation is 2. The number of hydrogen-bond donors (Lipinski definition) is 1. The van der Waals surface area contributed by atoms with Crippen LogP contribution in [0, 0.1) is 24.0 Å². The van der Waals surface area contributed by atoms with E-state index in [1.54, 1.807) is 6.07 Å². The number of halogens is 1. The molecule has 0 saturated carbocycles. The van der Waals surface area contributed by atoms with E-state index in [2.05, 4.69) is 27.3 Å². The van der Waals surface area contributed by atoms with Gasteiger partial charge in [-0.1, -0.05) is 17.4 Å². The van der Waals surface area contributed by atoms with Gasteiger partial charge in [0.25, 0.3) is 0 Å². The number of hydrogen-bond acceptors (Lipinski definition) is 4. The molecular weight excluding hydrogens is 328 g/mol. The average Bonchev–Trinajstić information content (AvgIpc) is 2.76. The third kappa shape index (κ3) is 3.33. The Bertz CT molecular complexity index is 602. The van der Waals surface area contributed by atoms with Crippen molar-refractivity contribution in [1.82, 2.24) is 0 Å². The van der Waals surface area contributed by atoms with Crippen molar-refractivity contribution in [3.8, 4) is 0 Å². The Morgan fingerprint density at radius 2 is 2.11 bits per heavy atom. The van der Waals surface area contributed by atoms with Crippen molar-refractivity contribution in [3.05, 3.63) is 54.9 Å². The van der Waals surface area contributed by atoms with E-state index < -0.39 is 0 Å². The monoisotopic (exact) mass is 340 g/mol. The molecule has 1 heterocycles.